The number of hydrogen-bond donors (Lipinski definition) is 1. The number of nitrogens with one attached hydrogen (secondary N) is 1. The van der Waals surface area contributed by atoms with Crippen LogP contribution in [-0.2, 0) is 11.2 Å². The van der Waals surface area contributed by atoms with Gasteiger partial charge in [-0.15, -0.1) is 5.10 Å². The summed E-state index contributed by atoms with van der Waals surface area (Å²) < 4.78 is 0. The van der Waals surface area contributed by atoms with E-state index in [1.54, 1.807) is 18.3 Å². The van der Waals surface area contributed by atoms with Crippen LogP contribution in [0.5, 0.6) is 0 Å². The summed E-state index contributed by atoms with van der Waals surface area (Å²) in [7, 11) is 0. The maximum Gasteiger partial charge on any atom is 0.269 e. The Morgan fingerprint density at radius 1 is 1.10 bits per heavy atom. The number of nitro benzene ring substituents is 1. The number of amidine groups is 1. The van der Waals surface area contributed by atoms with E-state index in [0.29, 0.717) is 11.6 Å². The smallest absolute Gasteiger partial charge is 0.269 e. The summed E-state index contributed by atoms with van der Waals surface area (Å²) in [5, 5.41) is 24.1. The van der Waals surface area contributed by atoms with Crippen LogP contribution in [0.2, 0.25) is 0 Å². The molecule has 1 fully saturated rings. The van der Waals surface area contributed by atoms with Crippen molar-refractivity contribution in [1.29, 1.82) is 0 Å². The molecule has 1 aliphatic heterocycles. The molecule has 3 aromatic rings. The number of thioether (sulfide) groups is 1. The Bertz CT molecular complexity index is 1150. The SMILES string of the molecule is O=C1N/C(=N/N=Cc2cccc3ccccc23)SC1Cc1cccc([N+](=O)[O-])c1. The van der Waals surface area contributed by atoms with E-state index >= 15 is 0 Å². The number of carbonyl (C=O) groups excluding carboxylic acids is 1. The Kier molecular flexibility index (Phi) is 5.35. The van der Waals surface area contributed by atoms with Crippen molar-refractivity contribution in [1.82, 2.24) is 5.32 Å². The topological polar surface area (TPSA) is 97.0 Å². The van der Waals surface area contributed by atoms with E-state index in [9.17, 15) is 14.9 Å². The van der Waals surface area contributed by atoms with E-state index in [0.717, 1.165) is 21.9 Å². The van der Waals surface area contributed by atoms with Gasteiger partial charge >= 0.3 is 0 Å². The third-order valence-electron chi connectivity index (χ3n) is 4.49. The highest BCUT2D eigenvalue weighted by Crippen LogP contribution is 2.25. The number of rotatable bonds is 5. The average Bonchev–Trinajstić information content (AvgIpc) is 3.07. The maximum atomic E-state index is 12.2. The number of carbonyl (C=O) groups is 1. The number of benzene rings is 3. The lowest BCUT2D eigenvalue weighted by molar-refractivity contribution is -0.384. The van der Waals surface area contributed by atoms with Gasteiger partial charge < -0.3 is 5.32 Å². The van der Waals surface area contributed by atoms with Gasteiger partial charge in [0.2, 0.25) is 5.91 Å². The number of nitro groups is 1. The molecule has 7 nitrogen and oxygen atoms in total. The zero-order valence-corrected chi connectivity index (χ0v) is 16.0. The van der Waals surface area contributed by atoms with E-state index in [1.807, 2.05) is 42.5 Å². The first-order valence-corrected chi connectivity index (χ1v) is 9.78. The molecule has 1 aliphatic rings. The molecular formula is C21H16N4O3S. The van der Waals surface area contributed by atoms with Gasteiger partial charge in [0.1, 0.15) is 0 Å². The Hall–Kier alpha value is -3.52. The van der Waals surface area contributed by atoms with Gasteiger partial charge in [0.15, 0.2) is 5.17 Å². The minimum atomic E-state index is -0.444. The summed E-state index contributed by atoms with van der Waals surface area (Å²) in [6.45, 7) is 0. The molecule has 8 heteroatoms. The van der Waals surface area contributed by atoms with Crippen molar-refractivity contribution in [2.75, 3.05) is 0 Å². The highest BCUT2D eigenvalue weighted by molar-refractivity contribution is 8.15. The molecule has 1 unspecified atom stereocenters. The van der Waals surface area contributed by atoms with Crippen molar-refractivity contribution in [3.05, 3.63) is 88.0 Å². The number of non-ortho nitro benzene ring substituents is 1. The summed E-state index contributed by atoms with van der Waals surface area (Å²) >= 11 is 1.27. The lowest BCUT2D eigenvalue weighted by Gasteiger charge is -2.04. The minimum absolute atomic E-state index is 0.0134. The summed E-state index contributed by atoms with van der Waals surface area (Å²) in [5.41, 5.74) is 1.68. The lowest BCUT2D eigenvalue weighted by atomic mass is 10.1. The van der Waals surface area contributed by atoms with Crippen molar-refractivity contribution < 1.29 is 9.72 Å². The molecule has 0 aliphatic carbocycles. The van der Waals surface area contributed by atoms with Crippen LogP contribution in [0.15, 0.2) is 76.9 Å². The third-order valence-corrected chi connectivity index (χ3v) is 5.56. The van der Waals surface area contributed by atoms with E-state index in [4.69, 9.17) is 0 Å². The van der Waals surface area contributed by atoms with Gasteiger partial charge in [-0.1, -0.05) is 66.4 Å². The summed E-state index contributed by atoms with van der Waals surface area (Å²) in [5.74, 6) is -0.180. The predicted molar refractivity (Wildman–Crippen MR) is 115 cm³/mol. The molecule has 4 rings (SSSR count). The average molecular weight is 404 g/mol. The standard InChI is InChI=1S/C21H16N4O3S/c26-20-19(12-14-5-3-9-17(11-14)25(27)28)29-21(23-20)24-22-13-16-8-4-7-15-6-1-2-10-18(15)16/h1-11,13,19H,12H2,(H,23,24,26). The summed E-state index contributed by atoms with van der Waals surface area (Å²) in [4.78, 5) is 22.7. The van der Waals surface area contributed by atoms with Gasteiger partial charge in [0.25, 0.3) is 5.69 Å². The van der Waals surface area contributed by atoms with E-state index in [2.05, 4.69) is 15.5 Å². The first-order valence-electron chi connectivity index (χ1n) is 8.90. The minimum Gasteiger partial charge on any atom is -0.303 e. The molecule has 0 bridgehead atoms. The molecule has 1 amide bonds. The second kappa shape index (κ2) is 8.24. The molecule has 144 valence electrons. The fourth-order valence-corrected chi connectivity index (χ4v) is 4.07. The molecule has 0 spiro atoms. The van der Waals surface area contributed by atoms with E-state index in [1.165, 1.54) is 23.9 Å². The Morgan fingerprint density at radius 2 is 1.90 bits per heavy atom. The van der Waals surface area contributed by atoms with Crippen molar-refractivity contribution in [2.24, 2.45) is 10.2 Å². The fourth-order valence-electron chi connectivity index (χ4n) is 3.10. The van der Waals surface area contributed by atoms with Gasteiger partial charge in [0.05, 0.1) is 16.4 Å². The van der Waals surface area contributed by atoms with Crippen LogP contribution in [0, 0.1) is 10.1 Å². The van der Waals surface area contributed by atoms with Crippen LogP contribution in [0.3, 0.4) is 0 Å². The van der Waals surface area contributed by atoms with Gasteiger partial charge in [-0.3, -0.25) is 14.9 Å². The Balaban J connectivity index is 1.46. The number of amides is 1. The second-order valence-corrected chi connectivity index (χ2v) is 7.64. The fraction of sp³-hybridized carbons (Fsp3) is 0.0952. The van der Waals surface area contributed by atoms with Crippen LogP contribution in [-0.4, -0.2) is 27.5 Å². The largest absolute Gasteiger partial charge is 0.303 e. The maximum absolute atomic E-state index is 12.2. The summed E-state index contributed by atoms with van der Waals surface area (Å²) in [6, 6.07) is 20.3. The molecular weight excluding hydrogens is 388 g/mol. The lowest BCUT2D eigenvalue weighted by Crippen LogP contribution is -2.25. The summed E-state index contributed by atoms with van der Waals surface area (Å²) in [6.07, 6.45) is 2.04. The molecule has 0 aromatic heterocycles. The number of fused-ring (bicyclic) bond motifs is 1. The highest BCUT2D eigenvalue weighted by Gasteiger charge is 2.30. The molecule has 0 radical (unpaired) electrons. The van der Waals surface area contributed by atoms with Gasteiger partial charge in [-0.25, -0.2) is 0 Å². The van der Waals surface area contributed by atoms with Gasteiger partial charge in [-0.2, -0.15) is 5.10 Å². The van der Waals surface area contributed by atoms with Crippen LogP contribution < -0.4 is 5.32 Å². The van der Waals surface area contributed by atoms with Gasteiger partial charge in [-0.05, 0) is 22.8 Å². The van der Waals surface area contributed by atoms with E-state index < -0.39 is 10.2 Å². The molecule has 29 heavy (non-hydrogen) atoms. The normalized spacial score (nSPS) is 17.9. The Labute approximate surface area is 170 Å². The van der Waals surface area contributed by atoms with Gasteiger partial charge in [0, 0.05) is 17.7 Å². The second-order valence-electron chi connectivity index (χ2n) is 6.44. The van der Waals surface area contributed by atoms with Crippen molar-refractivity contribution >= 4 is 45.5 Å². The number of hydrogen-bond acceptors (Lipinski definition) is 6. The van der Waals surface area contributed by atoms with Crippen molar-refractivity contribution in [3.63, 3.8) is 0 Å². The van der Waals surface area contributed by atoms with Crippen molar-refractivity contribution in [3.8, 4) is 0 Å². The molecule has 0 saturated carbocycles. The first-order chi connectivity index (χ1) is 14.1. The molecule has 1 atom stereocenters. The Morgan fingerprint density at radius 3 is 2.76 bits per heavy atom. The quantitative estimate of drug-likeness (QED) is 0.396. The zero-order valence-electron chi connectivity index (χ0n) is 15.2. The molecule has 1 saturated heterocycles. The highest BCUT2D eigenvalue weighted by atomic mass is 32.2. The first kappa shape index (κ1) is 18.8. The van der Waals surface area contributed by atoms with Crippen LogP contribution in [0.4, 0.5) is 5.69 Å². The predicted octanol–water partition coefficient (Wildman–Crippen LogP) is 3.91. The van der Waals surface area contributed by atoms with E-state index in [-0.39, 0.29) is 11.6 Å². The van der Waals surface area contributed by atoms with Crippen LogP contribution in [0.25, 0.3) is 10.8 Å². The van der Waals surface area contributed by atoms with Crippen LogP contribution in [0.1, 0.15) is 11.1 Å². The molecule has 3 aromatic carbocycles. The van der Waals surface area contributed by atoms with Crippen molar-refractivity contribution in [2.45, 2.75) is 11.7 Å². The van der Waals surface area contributed by atoms with Crippen LogP contribution >= 0.6 is 11.8 Å². The molecule has 1 heterocycles. The molecule has 1 N–H and O–H groups in total. The third kappa shape index (κ3) is 4.33. The zero-order chi connectivity index (χ0) is 20.2. The monoisotopic (exact) mass is 404 g/mol. The number of nitrogens with zero attached hydrogens (tertiary/aromatic N) is 3.